The van der Waals surface area contributed by atoms with Crippen LogP contribution in [0.4, 0.5) is 35.1 Å². The summed E-state index contributed by atoms with van der Waals surface area (Å²) in [5.74, 6) is -8.99. The Morgan fingerprint density at radius 3 is 0.588 bits per heavy atom. The van der Waals surface area contributed by atoms with E-state index in [0.717, 1.165) is 48.5 Å². The van der Waals surface area contributed by atoms with Crippen molar-refractivity contribution in [3.63, 3.8) is 0 Å². The predicted octanol–water partition coefficient (Wildman–Crippen LogP) is 1.18. The third kappa shape index (κ3) is 4.92. The van der Waals surface area contributed by atoms with Crippen LogP contribution in [0.5, 0.6) is 0 Å². The standard InChI is InChI=1S/C24H12BF8.Na/c26-17-1-13(2-18(27)9-17)25(14-3-19(28)10-20(29)4-14,15-5-21(30)11-22(31)6-15)16-7-23(32)12-24(33)8-16;/h1-12H;/q-1;+1. The largest absolute Gasteiger partial charge is 1.00 e. The first-order valence-electron chi connectivity index (χ1n) is 9.59. The summed E-state index contributed by atoms with van der Waals surface area (Å²) in [6.45, 7) is 0. The summed E-state index contributed by atoms with van der Waals surface area (Å²) < 4.78 is 114. The summed E-state index contributed by atoms with van der Waals surface area (Å²) >= 11 is 0. The van der Waals surface area contributed by atoms with Gasteiger partial charge in [-0.1, -0.05) is 48.5 Å². The molecule has 0 aliphatic rings. The van der Waals surface area contributed by atoms with Crippen molar-refractivity contribution in [2.24, 2.45) is 0 Å². The molecule has 0 atom stereocenters. The number of benzene rings is 4. The molecule has 0 aromatic heterocycles. The van der Waals surface area contributed by atoms with Crippen LogP contribution in [0.15, 0.2) is 72.8 Å². The van der Waals surface area contributed by atoms with Crippen LogP contribution in [-0.2, 0) is 0 Å². The molecule has 0 aliphatic heterocycles. The zero-order valence-corrected chi connectivity index (χ0v) is 19.5. The van der Waals surface area contributed by atoms with E-state index in [1.807, 2.05) is 0 Å². The molecule has 10 heteroatoms. The number of halogens is 8. The van der Waals surface area contributed by atoms with Gasteiger partial charge in [0.15, 0.2) is 0 Å². The fraction of sp³-hybridized carbons (Fsp3) is 0. The molecule has 0 N–H and O–H groups in total. The van der Waals surface area contributed by atoms with Gasteiger partial charge < -0.3 is 0 Å². The normalized spacial score (nSPS) is 11.3. The molecule has 4 rings (SSSR count). The Labute approximate surface area is 211 Å². The summed E-state index contributed by atoms with van der Waals surface area (Å²) in [6, 6.07) is 8.24. The van der Waals surface area contributed by atoms with E-state index in [1.165, 1.54) is 0 Å². The van der Waals surface area contributed by atoms with Gasteiger partial charge in [-0.25, -0.2) is 35.1 Å². The second kappa shape index (κ2) is 9.94. The molecule has 0 radical (unpaired) electrons. The quantitative estimate of drug-likeness (QED) is 0.301. The van der Waals surface area contributed by atoms with E-state index in [9.17, 15) is 35.1 Å². The molecule has 0 saturated carbocycles. The van der Waals surface area contributed by atoms with Gasteiger partial charge in [0.2, 0.25) is 0 Å². The van der Waals surface area contributed by atoms with Crippen LogP contribution in [0.2, 0.25) is 0 Å². The van der Waals surface area contributed by atoms with Crippen LogP contribution in [0.25, 0.3) is 0 Å². The van der Waals surface area contributed by atoms with Crippen molar-refractivity contribution >= 4 is 28.0 Å². The Hall–Kier alpha value is -2.62. The molecule has 4 aromatic carbocycles. The van der Waals surface area contributed by atoms with E-state index in [1.54, 1.807) is 0 Å². The molecular weight excluding hydrogens is 474 g/mol. The molecule has 0 nitrogen and oxygen atoms in total. The average molecular weight is 486 g/mol. The number of hydrogen-bond acceptors (Lipinski definition) is 0. The average Bonchev–Trinajstić information content (AvgIpc) is 2.65. The van der Waals surface area contributed by atoms with Crippen LogP contribution in [0.1, 0.15) is 0 Å². The minimum Gasteiger partial charge on any atom is -0.207 e. The van der Waals surface area contributed by atoms with E-state index in [2.05, 4.69) is 0 Å². The molecule has 0 fully saturated rings. The van der Waals surface area contributed by atoms with Crippen molar-refractivity contribution in [2.75, 3.05) is 0 Å². The molecule has 0 bridgehead atoms. The Morgan fingerprint density at radius 1 is 0.294 bits per heavy atom. The molecule has 34 heavy (non-hydrogen) atoms. The summed E-state index contributed by atoms with van der Waals surface area (Å²) in [5.41, 5.74) is -1.42. The van der Waals surface area contributed by atoms with Gasteiger partial charge in [-0.05, 0) is 0 Å². The van der Waals surface area contributed by atoms with Gasteiger partial charge in [-0.15, -0.1) is 0 Å². The summed E-state index contributed by atoms with van der Waals surface area (Å²) in [4.78, 5) is 0. The van der Waals surface area contributed by atoms with Crippen molar-refractivity contribution in [3.8, 4) is 0 Å². The van der Waals surface area contributed by atoms with Crippen molar-refractivity contribution in [1.29, 1.82) is 0 Å². The predicted molar refractivity (Wildman–Crippen MR) is 110 cm³/mol. The number of rotatable bonds is 4. The Morgan fingerprint density at radius 2 is 0.441 bits per heavy atom. The third-order valence-electron chi connectivity index (χ3n) is 5.54. The van der Waals surface area contributed by atoms with Crippen molar-refractivity contribution < 1.29 is 64.7 Å². The van der Waals surface area contributed by atoms with E-state index in [4.69, 9.17) is 0 Å². The van der Waals surface area contributed by atoms with Gasteiger partial charge in [0.05, 0.1) is 0 Å². The smallest absolute Gasteiger partial charge is 0.207 e. The molecule has 0 heterocycles. The number of hydrogen-bond donors (Lipinski definition) is 0. The van der Waals surface area contributed by atoms with E-state index < -0.39 is 52.7 Å². The Kier molecular flexibility index (Phi) is 7.60. The molecule has 0 spiro atoms. The molecule has 0 saturated heterocycles. The van der Waals surface area contributed by atoms with Crippen LogP contribution < -0.4 is 51.4 Å². The second-order valence-electron chi connectivity index (χ2n) is 7.68. The summed E-state index contributed by atoms with van der Waals surface area (Å²) in [5, 5.41) is 0. The fourth-order valence-corrected chi connectivity index (χ4v) is 4.46. The van der Waals surface area contributed by atoms with Crippen molar-refractivity contribution in [1.82, 2.24) is 0 Å². The van der Waals surface area contributed by atoms with Crippen molar-refractivity contribution in [2.45, 2.75) is 0 Å². The first-order chi connectivity index (χ1) is 15.6. The van der Waals surface area contributed by atoms with Crippen molar-refractivity contribution in [3.05, 3.63) is 119 Å². The first kappa shape index (κ1) is 26.0. The monoisotopic (exact) mass is 486 g/mol. The zero-order valence-electron chi connectivity index (χ0n) is 17.5. The molecule has 0 amide bonds. The van der Waals surface area contributed by atoms with Crippen LogP contribution in [0.3, 0.4) is 0 Å². The molecule has 168 valence electrons. The molecule has 0 aliphatic carbocycles. The SMILES string of the molecule is Fc1cc(F)cc([B-](c2cc(F)cc(F)c2)(c2cc(F)cc(F)c2)c2cc(F)cc(F)c2)c1.[Na+]. The fourth-order valence-electron chi connectivity index (χ4n) is 4.46. The van der Waals surface area contributed by atoms with Gasteiger partial charge in [-0.2, -0.15) is 21.9 Å². The topological polar surface area (TPSA) is 0 Å². The zero-order chi connectivity index (χ0) is 23.9. The maximum atomic E-state index is 14.3. The molecule has 0 unspecified atom stereocenters. The minimum absolute atomic E-state index is 0. The third-order valence-corrected chi connectivity index (χ3v) is 5.54. The van der Waals surface area contributed by atoms with Gasteiger partial charge in [0.1, 0.15) is 52.7 Å². The summed E-state index contributed by atoms with van der Waals surface area (Å²) in [6.07, 6.45) is -3.29. The first-order valence-corrected chi connectivity index (χ1v) is 9.59. The maximum absolute atomic E-state index is 14.3. The van der Waals surface area contributed by atoms with Gasteiger partial charge in [-0.3, -0.25) is 0 Å². The maximum Gasteiger partial charge on any atom is 1.00 e. The second-order valence-corrected chi connectivity index (χ2v) is 7.68. The van der Waals surface area contributed by atoms with Crippen LogP contribution in [-0.4, -0.2) is 6.15 Å². The molecular formula is C24H12BF8Na. The van der Waals surface area contributed by atoms with Crippen LogP contribution in [0, 0.1) is 46.5 Å². The summed E-state index contributed by atoms with van der Waals surface area (Å²) in [7, 11) is 0. The van der Waals surface area contributed by atoms with E-state index in [0.29, 0.717) is 24.3 Å². The Balaban J connectivity index is 0.00000324. The minimum atomic E-state index is -3.29. The Bertz CT molecular complexity index is 1080. The molecule has 4 aromatic rings. The van der Waals surface area contributed by atoms with Gasteiger partial charge in [0.25, 0.3) is 0 Å². The van der Waals surface area contributed by atoms with Gasteiger partial charge >= 0.3 is 29.6 Å². The van der Waals surface area contributed by atoms with E-state index >= 15 is 0 Å². The van der Waals surface area contributed by atoms with Gasteiger partial charge in [0, 0.05) is 24.3 Å². The van der Waals surface area contributed by atoms with E-state index in [-0.39, 0.29) is 51.4 Å². The van der Waals surface area contributed by atoms with Crippen LogP contribution >= 0.6 is 0 Å².